The first kappa shape index (κ1) is 15.2. The van der Waals surface area contributed by atoms with E-state index in [-0.39, 0.29) is 12.1 Å². The van der Waals surface area contributed by atoms with E-state index in [4.69, 9.17) is 10.5 Å². The Morgan fingerprint density at radius 3 is 2.71 bits per heavy atom. The minimum absolute atomic E-state index is 0.0745. The van der Waals surface area contributed by atoms with Crippen LogP contribution < -0.4 is 21.3 Å². The summed E-state index contributed by atoms with van der Waals surface area (Å²) in [5.74, 6) is 0.663. The second kappa shape index (κ2) is 5.67. The van der Waals surface area contributed by atoms with Crippen LogP contribution in [0.5, 0.6) is 0 Å². The lowest BCUT2D eigenvalue weighted by molar-refractivity contribution is 0.0496. The molecule has 7 heteroatoms. The number of amides is 1. The highest BCUT2D eigenvalue weighted by Gasteiger charge is 2.31. The number of aromatic nitrogens is 1. The number of ether oxygens (including phenoxy) is 1. The number of alkyl carbamates (subject to hydrolysis) is 1. The van der Waals surface area contributed by atoms with Gasteiger partial charge in [0.15, 0.2) is 5.82 Å². The SMILES string of the molecule is CNc1nccc(N2CC(NC(=O)OC(C)(C)C)C2)c1N. The molecule has 1 aromatic rings. The van der Waals surface area contributed by atoms with E-state index in [1.807, 2.05) is 26.8 Å². The molecule has 0 aliphatic carbocycles. The smallest absolute Gasteiger partial charge is 0.407 e. The number of carbonyl (C=O) groups is 1. The van der Waals surface area contributed by atoms with Gasteiger partial charge in [-0.15, -0.1) is 0 Å². The number of nitrogen functional groups attached to an aromatic ring is 1. The zero-order chi connectivity index (χ0) is 15.6. The average molecular weight is 293 g/mol. The van der Waals surface area contributed by atoms with Gasteiger partial charge in [0.25, 0.3) is 0 Å². The van der Waals surface area contributed by atoms with Crippen LogP contribution in [0.2, 0.25) is 0 Å². The van der Waals surface area contributed by atoms with E-state index >= 15 is 0 Å². The molecule has 0 saturated carbocycles. The molecule has 21 heavy (non-hydrogen) atoms. The standard InChI is InChI=1S/C14H23N5O2/c1-14(2,3)21-13(20)18-9-7-19(8-9)10-5-6-17-12(16-4)11(10)15/h5-6,9H,7-8,15H2,1-4H3,(H,16,17)(H,18,20). The van der Waals surface area contributed by atoms with Crippen molar-refractivity contribution >= 4 is 23.3 Å². The van der Waals surface area contributed by atoms with Crippen molar-refractivity contribution in [3.8, 4) is 0 Å². The van der Waals surface area contributed by atoms with Crippen LogP contribution in [0.15, 0.2) is 12.3 Å². The van der Waals surface area contributed by atoms with Gasteiger partial charge in [-0.05, 0) is 26.8 Å². The van der Waals surface area contributed by atoms with Crippen LogP contribution in [0.1, 0.15) is 20.8 Å². The Labute approximate surface area is 124 Å². The number of nitrogens with two attached hydrogens (primary N) is 1. The monoisotopic (exact) mass is 293 g/mol. The maximum absolute atomic E-state index is 11.7. The van der Waals surface area contributed by atoms with Crippen LogP contribution in [-0.4, -0.2) is 42.9 Å². The number of anilines is 3. The van der Waals surface area contributed by atoms with Crippen molar-refractivity contribution in [3.05, 3.63) is 12.3 Å². The topological polar surface area (TPSA) is 92.5 Å². The summed E-state index contributed by atoms with van der Waals surface area (Å²) < 4.78 is 5.23. The minimum Gasteiger partial charge on any atom is -0.444 e. The predicted octanol–water partition coefficient (Wildman–Crippen LogP) is 1.42. The van der Waals surface area contributed by atoms with Gasteiger partial charge >= 0.3 is 6.09 Å². The van der Waals surface area contributed by atoms with Crippen LogP contribution >= 0.6 is 0 Å². The van der Waals surface area contributed by atoms with Crippen molar-refractivity contribution in [3.63, 3.8) is 0 Å². The van der Waals surface area contributed by atoms with Gasteiger partial charge in [0.1, 0.15) is 5.60 Å². The van der Waals surface area contributed by atoms with Gasteiger partial charge in [-0.3, -0.25) is 0 Å². The van der Waals surface area contributed by atoms with Gasteiger partial charge in [-0.1, -0.05) is 0 Å². The van der Waals surface area contributed by atoms with Gasteiger partial charge in [0.05, 0.1) is 17.4 Å². The predicted molar refractivity (Wildman–Crippen MR) is 83.6 cm³/mol. The van der Waals surface area contributed by atoms with Crippen molar-refractivity contribution in [2.75, 3.05) is 36.1 Å². The van der Waals surface area contributed by atoms with Gasteiger partial charge in [0.2, 0.25) is 0 Å². The van der Waals surface area contributed by atoms with Crippen molar-refractivity contribution in [1.82, 2.24) is 10.3 Å². The van der Waals surface area contributed by atoms with Gasteiger partial charge in [-0.2, -0.15) is 0 Å². The van der Waals surface area contributed by atoms with Crippen LogP contribution in [-0.2, 0) is 4.74 Å². The number of carbonyl (C=O) groups excluding carboxylic acids is 1. The summed E-state index contributed by atoms with van der Waals surface area (Å²) in [5.41, 5.74) is 7.12. The molecule has 0 atom stereocenters. The van der Waals surface area contributed by atoms with Crippen LogP contribution in [0.3, 0.4) is 0 Å². The fraction of sp³-hybridized carbons (Fsp3) is 0.571. The van der Waals surface area contributed by atoms with Crippen LogP contribution in [0.25, 0.3) is 0 Å². The fourth-order valence-electron chi connectivity index (χ4n) is 2.18. The summed E-state index contributed by atoms with van der Waals surface area (Å²) >= 11 is 0. The molecule has 1 aliphatic heterocycles. The number of rotatable bonds is 3. The third-order valence-corrected chi connectivity index (χ3v) is 3.15. The molecule has 1 aromatic heterocycles. The molecular formula is C14H23N5O2. The fourth-order valence-corrected chi connectivity index (χ4v) is 2.18. The lowest BCUT2D eigenvalue weighted by atomic mass is 10.1. The van der Waals surface area contributed by atoms with E-state index in [1.165, 1.54) is 0 Å². The Bertz CT molecular complexity index is 521. The molecular weight excluding hydrogens is 270 g/mol. The molecule has 1 amide bonds. The van der Waals surface area contributed by atoms with Gasteiger partial charge < -0.3 is 26.0 Å². The highest BCUT2D eigenvalue weighted by molar-refractivity contribution is 5.79. The lowest BCUT2D eigenvalue weighted by Gasteiger charge is -2.41. The number of nitrogens with one attached hydrogen (secondary N) is 2. The molecule has 2 rings (SSSR count). The Morgan fingerprint density at radius 1 is 1.48 bits per heavy atom. The Balaban J connectivity index is 1.88. The highest BCUT2D eigenvalue weighted by atomic mass is 16.6. The molecule has 116 valence electrons. The van der Waals surface area contributed by atoms with Crippen molar-refractivity contribution in [2.24, 2.45) is 0 Å². The third-order valence-electron chi connectivity index (χ3n) is 3.15. The maximum Gasteiger partial charge on any atom is 0.407 e. The minimum atomic E-state index is -0.481. The quantitative estimate of drug-likeness (QED) is 0.780. The van der Waals surface area contributed by atoms with Crippen LogP contribution in [0, 0.1) is 0 Å². The van der Waals surface area contributed by atoms with E-state index in [9.17, 15) is 4.79 Å². The second-order valence-corrected chi connectivity index (χ2v) is 6.09. The number of pyridine rings is 1. The van der Waals surface area contributed by atoms with Crippen molar-refractivity contribution in [1.29, 1.82) is 0 Å². The molecule has 0 spiro atoms. The molecule has 0 unspecified atom stereocenters. The molecule has 0 aromatic carbocycles. The normalized spacial score (nSPS) is 15.3. The summed E-state index contributed by atoms with van der Waals surface area (Å²) in [5, 5.41) is 5.80. The van der Waals surface area contributed by atoms with E-state index in [1.54, 1.807) is 13.2 Å². The Kier molecular flexibility index (Phi) is 4.11. The van der Waals surface area contributed by atoms with E-state index < -0.39 is 5.60 Å². The average Bonchev–Trinajstić information content (AvgIpc) is 2.32. The summed E-state index contributed by atoms with van der Waals surface area (Å²) in [6.07, 6.45) is 1.33. The molecule has 0 radical (unpaired) electrons. The largest absolute Gasteiger partial charge is 0.444 e. The first-order chi connectivity index (χ1) is 9.80. The van der Waals surface area contributed by atoms with Crippen molar-refractivity contribution in [2.45, 2.75) is 32.4 Å². The first-order valence-corrected chi connectivity index (χ1v) is 6.97. The second-order valence-electron chi connectivity index (χ2n) is 6.09. The van der Waals surface area contributed by atoms with Crippen LogP contribution in [0.4, 0.5) is 22.0 Å². The Hall–Kier alpha value is -2.18. The number of hydrogen-bond donors (Lipinski definition) is 3. The number of nitrogens with zero attached hydrogens (tertiary/aromatic N) is 2. The molecule has 2 heterocycles. The van der Waals surface area contributed by atoms with Gasteiger partial charge in [0, 0.05) is 26.3 Å². The van der Waals surface area contributed by atoms with E-state index in [0.29, 0.717) is 24.6 Å². The van der Waals surface area contributed by atoms with Crippen molar-refractivity contribution < 1.29 is 9.53 Å². The maximum atomic E-state index is 11.7. The number of hydrogen-bond acceptors (Lipinski definition) is 6. The summed E-state index contributed by atoms with van der Waals surface area (Å²) in [7, 11) is 1.78. The third kappa shape index (κ3) is 3.68. The van der Waals surface area contributed by atoms with Gasteiger partial charge in [-0.25, -0.2) is 9.78 Å². The lowest BCUT2D eigenvalue weighted by Crippen LogP contribution is -2.60. The molecule has 1 saturated heterocycles. The zero-order valence-corrected chi connectivity index (χ0v) is 12.9. The molecule has 4 N–H and O–H groups in total. The Morgan fingerprint density at radius 2 is 2.14 bits per heavy atom. The van der Waals surface area contributed by atoms with E-state index in [2.05, 4.69) is 20.5 Å². The molecule has 1 fully saturated rings. The summed E-state index contributed by atoms with van der Waals surface area (Å²) in [4.78, 5) is 17.9. The first-order valence-electron chi connectivity index (χ1n) is 6.97. The molecule has 0 bridgehead atoms. The summed E-state index contributed by atoms with van der Waals surface area (Å²) in [6.45, 7) is 6.94. The highest BCUT2D eigenvalue weighted by Crippen LogP contribution is 2.31. The summed E-state index contributed by atoms with van der Waals surface area (Å²) in [6, 6.07) is 1.95. The van der Waals surface area contributed by atoms with E-state index in [0.717, 1.165) is 5.69 Å². The molecule has 1 aliphatic rings. The zero-order valence-electron chi connectivity index (χ0n) is 12.9. The molecule has 7 nitrogen and oxygen atoms in total.